The molecular weight excluding hydrogens is 297 g/mol. The van der Waals surface area contributed by atoms with Crippen molar-refractivity contribution in [1.82, 2.24) is 5.32 Å². The van der Waals surface area contributed by atoms with Crippen molar-refractivity contribution < 1.29 is 19.1 Å². The number of halogens is 2. The highest BCUT2D eigenvalue weighted by Gasteiger charge is 2.26. The van der Waals surface area contributed by atoms with Crippen LogP contribution in [0.4, 0.5) is 4.39 Å². The lowest BCUT2D eigenvalue weighted by Gasteiger charge is -2.26. The van der Waals surface area contributed by atoms with E-state index in [9.17, 15) is 14.0 Å². The highest BCUT2D eigenvalue weighted by atomic mass is 35.5. The Bertz CT molecular complexity index is 521. The third kappa shape index (κ3) is 3.94. The Hall–Kier alpha value is -1.62. The van der Waals surface area contributed by atoms with E-state index in [1.54, 1.807) is 0 Å². The van der Waals surface area contributed by atoms with Gasteiger partial charge in [0.15, 0.2) is 0 Å². The zero-order chi connectivity index (χ0) is 15.4. The minimum Gasteiger partial charge on any atom is -0.481 e. The minimum atomic E-state index is -0.754. The maximum absolute atomic E-state index is 13.6. The number of carboxylic acids is 1. The molecule has 114 valence electrons. The van der Waals surface area contributed by atoms with Gasteiger partial charge < -0.3 is 10.4 Å². The summed E-state index contributed by atoms with van der Waals surface area (Å²) in [7, 11) is 0. The number of nitrogens with one attached hydrogen (secondary N) is 1. The summed E-state index contributed by atoms with van der Waals surface area (Å²) in [5.74, 6) is -1.98. The molecule has 0 aromatic heterocycles. The fourth-order valence-electron chi connectivity index (χ4n) is 2.65. The van der Waals surface area contributed by atoms with E-state index < -0.39 is 17.7 Å². The van der Waals surface area contributed by atoms with E-state index in [1.807, 2.05) is 0 Å². The summed E-state index contributed by atoms with van der Waals surface area (Å²) in [6.45, 7) is 0.413. The lowest BCUT2D eigenvalue weighted by molar-refractivity contribution is -0.143. The Kier molecular flexibility index (Phi) is 5.17. The number of benzene rings is 1. The zero-order valence-corrected chi connectivity index (χ0v) is 12.2. The first-order chi connectivity index (χ1) is 9.99. The molecule has 2 N–H and O–H groups in total. The van der Waals surface area contributed by atoms with Crippen molar-refractivity contribution in [1.29, 1.82) is 0 Å². The normalized spacial score (nSPS) is 21.8. The highest BCUT2D eigenvalue weighted by Crippen LogP contribution is 2.28. The van der Waals surface area contributed by atoms with Crippen LogP contribution in [0.1, 0.15) is 36.0 Å². The molecule has 0 unspecified atom stereocenters. The first-order valence-electron chi connectivity index (χ1n) is 6.94. The standard InChI is InChI=1S/C15H17ClFNO3/c16-11-2-1-3-12(17)13(11)14(19)18-8-9-4-6-10(7-5-9)15(20)21/h1-3,9-10H,4-8H2,(H,18,19)(H,20,21). The van der Waals surface area contributed by atoms with Crippen LogP contribution < -0.4 is 5.32 Å². The van der Waals surface area contributed by atoms with Crippen molar-refractivity contribution >= 4 is 23.5 Å². The van der Waals surface area contributed by atoms with Crippen molar-refractivity contribution in [3.8, 4) is 0 Å². The molecule has 1 aromatic carbocycles. The molecule has 0 heterocycles. The van der Waals surface area contributed by atoms with Crippen LogP contribution in [0.15, 0.2) is 18.2 Å². The summed E-state index contributed by atoms with van der Waals surface area (Å²) < 4.78 is 13.6. The number of carbonyl (C=O) groups is 2. The third-order valence-corrected chi connectivity index (χ3v) is 4.25. The van der Waals surface area contributed by atoms with E-state index in [2.05, 4.69) is 5.32 Å². The Morgan fingerprint density at radius 1 is 1.29 bits per heavy atom. The molecule has 0 radical (unpaired) electrons. The van der Waals surface area contributed by atoms with E-state index in [1.165, 1.54) is 18.2 Å². The fourth-order valence-corrected chi connectivity index (χ4v) is 2.90. The number of hydrogen-bond donors (Lipinski definition) is 2. The molecule has 1 aliphatic carbocycles. The van der Waals surface area contributed by atoms with Crippen LogP contribution in [0, 0.1) is 17.7 Å². The predicted octanol–water partition coefficient (Wildman–Crippen LogP) is 3.10. The molecule has 1 aliphatic rings. The smallest absolute Gasteiger partial charge is 0.306 e. The van der Waals surface area contributed by atoms with Gasteiger partial charge in [-0.3, -0.25) is 9.59 Å². The van der Waals surface area contributed by atoms with Crippen LogP contribution in [-0.4, -0.2) is 23.5 Å². The summed E-state index contributed by atoms with van der Waals surface area (Å²) in [5.41, 5.74) is -0.140. The van der Waals surface area contributed by atoms with Crippen LogP contribution in [0.3, 0.4) is 0 Å². The molecule has 1 saturated carbocycles. The summed E-state index contributed by atoms with van der Waals surface area (Å²) in [4.78, 5) is 22.8. The lowest BCUT2D eigenvalue weighted by atomic mass is 9.82. The van der Waals surface area contributed by atoms with Crippen molar-refractivity contribution in [3.05, 3.63) is 34.6 Å². The Morgan fingerprint density at radius 2 is 1.95 bits per heavy atom. The van der Waals surface area contributed by atoms with E-state index in [0.717, 1.165) is 12.8 Å². The second-order valence-electron chi connectivity index (χ2n) is 5.36. The average Bonchev–Trinajstić information content (AvgIpc) is 2.45. The molecule has 0 atom stereocenters. The van der Waals surface area contributed by atoms with Gasteiger partial charge in [0.25, 0.3) is 5.91 Å². The van der Waals surface area contributed by atoms with Crippen LogP contribution in [-0.2, 0) is 4.79 Å². The average molecular weight is 314 g/mol. The van der Waals surface area contributed by atoms with E-state index in [4.69, 9.17) is 16.7 Å². The van der Waals surface area contributed by atoms with Gasteiger partial charge in [0.2, 0.25) is 0 Å². The fraction of sp³-hybridized carbons (Fsp3) is 0.467. The molecular formula is C15H17ClFNO3. The number of aliphatic carboxylic acids is 1. The van der Waals surface area contributed by atoms with E-state index in [-0.39, 0.29) is 22.4 Å². The number of hydrogen-bond acceptors (Lipinski definition) is 2. The van der Waals surface area contributed by atoms with Crippen LogP contribution in [0.25, 0.3) is 0 Å². The molecule has 0 aliphatic heterocycles. The first-order valence-corrected chi connectivity index (χ1v) is 7.32. The lowest BCUT2D eigenvalue weighted by Crippen LogP contribution is -2.33. The maximum atomic E-state index is 13.6. The zero-order valence-electron chi connectivity index (χ0n) is 11.4. The van der Waals surface area contributed by atoms with Gasteiger partial charge in [-0.2, -0.15) is 0 Å². The van der Waals surface area contributed by atoms with Crippen LogP contribution in [0.5, 0.6) is 0 Å². The summed E-state index contributed by atoms with van der Waals surface area (Å²) in [6.07, 6.45) is 2.75. The highest BCUT2D eigenvalue weighted by molar-refractivity contribution is 6.33. The Morgan fingerprint density at radius 3 is 2.52 bits per heavy atom. The van der Waals surface area contributed by atoms with E-state index >= 15 is 0 Å². The molecule has 2 rings (SSSR count). The quantitative estimate of drug-likeness (QED) is 0.897. The van der Waals surface area contributed by atoms with Gasteiger partial charge >= 0.3 is 5.97 Å². The SMILES string of the molecule is O=C(NCC1CCC(C(=O)O)CC1)c1c(F)cccc1Cl. The number of carboxylic acid groups (broad SMARTS) is 1. The molecule has 1 fully saturated rings. The van der Waals surface area contributed by atoms with E-state index in [0.29, 0.717) is 19.4 Å². The van der Waals surface area contributed by atoms with Crippen molar-refractivity contribution in [2.45, 2.75) is 25.7 Å². The summed E-state index contributed by atoms with van der Waals surface area (Å²) >= 11 is 5.83. The molecule has 0 bridgehead atoms. The molecule has 4 nitrogen and oxygen atoms in total. The van der Waals surface area contributed by atoms with Crippen molar-refractivity contribution in [2.75, 3.05) is 6.54 Å². The number of rotatable bonds is 4. The summed E-state index contributed by atoms with van der Waals surface area (Å²) in [6, 6.07) is 4.11. The number of amides is 1. The van der Waals surface area contributed by atoms with Gasteiger partial charge in [0, 0.05) is 6.54 Å². The van der Waals surface area contributed by atoms with Crippen LogP contribution >= 0.6 is 11.6 Å². The van der Waals surface area contributed by atoms with Crippen molar-refractivity contribution in [2.24, 2.45) is 11.8 Å². The molecule has 0 saturated heterocycles. The van der Waals surface area contributed by atoms with Crippen LogP contribution in [0.2, 0.25) is 5.02 Å². The monoisotopic (exact) mass is 313 g/mol. The van der Waals surface area contributed by atoms with Crippen molar-refractivity contribution in [3.63, 3.8) is 0 Å². The second kappa shape index (κ2) is 6.89. The largest absolute Gasteiger partial charge is 0.481 e. The van der Waals surface area contributed by atoms with Gasteiger partial charge in [0.05, 0.1) is 16.5 Å². The van der Waals surface area contributed by atoms with Gasteiger partial charge in [-0.15, -0.1) is 0 Å². The Balaban J connectivity index is 1.87. The molecule has 1 amide bonds. The maximum Gasteiger partial charge on any atom is 0.306 e. The Labute approximate surface area is 127 Å². The minimum absolute atomic E-state index is 0.0853. The number of carbonyl (C=O) groups excluding carboxylic acids is 1. The summed E-state index contributed by atoms with van der Waals surface area (Å²) in [5, 5.41) is 11.7. The molecule has 6 heteroatoms. The van der Waals surface area contributed by atoms with Gasteiger partial charge in [-0.25, -0.2) is 4.39 Å². The van der Waals surface area contributed by atoms with Gasteiger partial charge in [0.1, 0.15) is 5.82 Å². The topological polar surface area (TPSA) is 66.4 Å². The predicted molar refractivity (Wildman–Crippen MR) is 76.8 cm³/mol. The first kappa shape index (κ1) is 15.8. The second-order valence-corrected chi connectivity index (χ2v) is 5.77. The third-order valence-electron chi connectivity index (χ3n) is 3.94. The molecule has 0 spiro atoms. The van der Waals surface area contributed by atoms with Gasteiger partial charge in [-0.05, 0) is 43.7 Å². The molecule has 21 heavy (non-hydrogen) atoms. The van der Waals surface area contributed by atoms with Gasteiger partial charge in [-0.1, -0.05) is 17.7 Å². The molecule has 1 aromatic rings.